The van der Waals surface area contributed by atoms with Crippen molar-refractivity contribution in [2.75, 3.05) is 36.9 Å². The largest absolute Gasteiger partial charge is 0.382 e. The van der Waals surface area contributed by atoms with E-state index in [1.165, 1.54) is 16.8 Å². The molecule has 0 atom stereocenters. The highest BCUT2D eigenvalue weighted by molar-refractivity contribution is 7.88. The number of sulfonamides is 1. The van der Waals surface area contributed by atoms with Crippen LogP contribution >= 0.6 is 0 Å². The van der Waals surface area contributed by atoms with Gasteiger partial charge in [0.2, 0.25) is 10.0 Å². The predicted octanol–water partition coefficient (Wildman–Crippen LogP) is 0.142. The topological polar surface area (TPSA) is 101 Å². The minimum atomic E-state index is -3.10. The van der Waals surface area contributed by atoms with Gasteiger partial charge in [0.05, 0.1) is 18.6 Å². The first-order valence-electron chi connectivity index (χ1n) is 5.70. The highest BCUT2D eigenvalue weighted by atomic mass is 32.2. The fraction of sp³-hybridized carbons (Fsp3) is 0.600. The van der Waals surface area contributed by atoms with Crippen LogP contribution in [0, 0.1) is 0 Å². The second-order valence-corrected chi connectivity index (χ2v) is 5.84. The van der Waals surface area contributed by atoms with Gasteiger partial charge in [-0.3, -0.25) is 0 Å². The lowest BCUT2D eigenvalue weighted by molar-refractivity contribution is 0.428. The fourth-order valence-corrected chi connectivity index (χ4v) is 2.39. The molecule has 0 aliphatic rings. The van der Waals surface area contributed by atoms with Gasteiger partial charge in [-0.1, -0.05) is 6.92 Å². The molecule has 0 bridgehead atoms. The first kappa shape index (κ1) is 14.7. The van der Waals surface area contributed by atoms with Gasteiger partial charge in [0.25, 0.3) is 0 Å². The van der Waals surface area contributed by atoms with Crippen LogP contribution in [-0.2, 0) is 10.0 Å². The van der Waals surface area contributed by atoms with Gasteiger partial charge >= 0.3 is 0 Å². The lowest BCUT2D eigenvalue weighted by Gasteiger charge is -2.17. The molecule has 102 valence electrons. The molecule has 8 heteroatoms. The monoisotopic (exact) mass is 273 g/mol. The van der Waals surface area contributed by atoms with E-state index in [0.29, 0.717) is 37.7 Å². The first-order valence-corrected chi connectivity index (χ1v) is 7.55. The van der Waals surface area contributed by atoms with E-state index in [9.17, 15) is 8.42 Å². The summed E-state index contributed by atoms with van der Waals surface area (Å²) in [5.41, 5.74) is 5.41. The van der Waals surface area contributed by atoms with Gasteiger partial charge in [-0.25, -0.2) is 22.7 Å². The summed E-state index contributed by atoms with van der Waals surface area (Å²) < 4.78 is 24.1. The summed E-state index contributed by atoms with van der Waals surface area (Å²) in [6.45, 7) is 3.43. The van der Waals surface area contributed by atoms with Crippen molar-refractivity contribution in [3.63, 3.8) is 0 Å². The van der Waals surface area contributed by atoms with Crippen molar-refractivity contribution in [1.29, 1.82) is 0 Å². The minimum Gasteiger partial charge on any atom is -0.382 e. The van der Waals surface area contributed by atoms with E-state index in [-0.39, 0.29) is 0 Å². The minimum absolute atomic E-state index is 0.370. The summed E-state index contributed by atoms with van der Waals surface area (Å²) in [6.07, 6.45) is 4.93. The Balaban J connectivity index is 2.32. The molecule has 0 aliphatic carbocycles. The van der Waals surface area contributed by atoms with Gasteiger partial charge in [-0.05, 0) is 6.42 Å². The van der Waals surface area contributed by atoms with Gasteiger partial charge in [-0.15, -0.1) is 0 Å². The number of nitrogen functional groups attached to an aromatic ring is 1. The molecule has 0 aromatic carbocycles. The zero-order valence-corrected chi connectivity index (χ0v) is 11.4. The van der Waals surface area contributed by atoms with E-state index < -0.39 is 10.0 Å². The average Bonchev–Trinajstić information content (AvgIpc) is 2.30. The number of nitrogens with zero attached hydrogens (tertiary/aromatic N) is 3. The van der Waals surface area contributed by atoms with E-state index in [0.717, 1.165) is 0 Å². The summed E-state index contributed by atoms with van der Waals surface area (Å²) in [6, 6.07) is 0. The van der Waals surface area contributed by atoms with Gasteiger partial charge in [0, 0.05) is 19.6 Å². The van der Waals surface area contributed by atoms with Crippen LogP contribution in [0.2, 0.25) is 0 Å². The molecule has 0 unspecified atom stereocenters. The van der Waals surface area contributed by atoms with Crippen LogP contribution in [0.4, 0.5) is 11.6 Å². The van der Waals surface area contributed by atoms with Crippen LogP contribution in [0.15, 0.2) is 12.4 Å². The number of anilines is 2. The molecular formula is C10H19N5O2S. The van der Waals surface area contributed by atoms with Gasteiger partial charge in [-0.2, -0.15) is 0 Å². The number of hydrogen-bond donors (Lipinski definition) is 2. The lowest BCUT2D eigenvalue weighted by atomic mass is 10.4. The smallest absolute Gasteiger partial charge is 0.211 e. The average molecular weight is 273 g/mol. The molecule has 0 saturated heterocycles. The SMILES string of the molecule is CCN(CCCNc1cnc(N)cn1)S(C)(=O)=O. The molecule has 1 aromatic rings. The highest BCUT2D eigenvalue weighted by Gasteiger charge is 2.12. The van der Waals surface area contributed by atoms with Crippen molar-refractivity contribution in [1.82, 2.24) is 14.3 Å². The second kappa shape index (κ2) is 6.50. The van der Waals surface area contributed by atoms with Crippen LogP contribution in [0.3, 0.4) is 0 Å². The van der Waals surface area contributed by atoms with E-state index in [2.05, 4.69) is 15.3 Å². The standard InChI is InChI=1S/C10H19N5O2S/c1-3-15(18(2,16)17)6-4-5-12-10-8-13-9(11)7-14-10/h7-8H,3-6H2,1-2H3,(H2,11,13)(H,12,14). The molecule has 0 amide bonds. The maximum Gasteiger partial charge on any atom is 0.211 e. The maximum atomic E-state index is 11.3. The Bertz CT molecular complexity index is 460. The molecule has 1 rings (SSSR count). The Hall–Kier alpha value is -1.41. The molecule has 1 heterocycles. The maximum absolute atomic E-state index is 11.3. The number of hydrogen-bond acceptors (Lipinski definition) is 6. The van der Waals surface area contributed by atoms with Crippen LogP contribution in [-0.4, -0.2) is 48.6 Å². The van der Waals surface area contributed by atoms with E-state index >= 15 is 0 Å². The number of nitrogens with two attached hydrogens (primary N) is 1. The van der Waals surface area contributed by atoms with Crippen molar-refractivity contribution in [3.8, 4) is 0 Å². The van der Waals surface area contributed by atoms with E-state index in [1.54, 1.807) is 6.20 Å². The molecule has 0 saturated carbocycles. The Morgan fingerprint density at radius 3 is 2.61 bits per heavy atom. The Kier molecular flexibility index (Phi) is 5.29. The summed E-state index contributed by atoms with van der Waals surface area (Å²) in [5.74, 6) is 1.00. The lowest BCUT2D eigenvalue weighted by Crippen LogP contribution is -2.31. The van der Waals surface area contributed by atoms with Gasteiger partial charge in [0.15, 0.2) is 0 Å². The number of nitrogens with one attached hydrogen (secondary N) is 1. The molecule has 18 heavy (non-hydrogen) atoms. The van der Waals surface area contributed by atoms with Crippen LogP contribution < -0.4 is 11.1 Å². The molecule has 0 radical (unpaired) electrons. The Morgan fingerprint density at radius 1 is 1.39 bits per heavy atom. The van der Waals surface area contributed by atoms with E-state index in [4.69, 9.17) is 5.73 Å². The van der Waals surface area contributed by atoms with Crippen LogP contribution in [0.1, 0.15) is 13.3 Å². The quantitative estimate of drug-likeness (QED) is 0.685. The summed E-state index contributed by atoms with van der Waals surface area (Å²) >= 11 is 0. The molecule has 0 spiro atoms. The third-order valence-corrected chi connectivity index (χ3v) is 3.76. The van der Waals surface area contributed by atoms with Gasteiger partial charge < -0.3 is 11.1 Å². The molecular weight excluding hydrogens is 254 g/mol. The highest BCUT2D eigenvalue weighted by Crippen LogP contribution is 2.03. The zero-order valence-electron chi connectivity index (χ0n) is 10.6. The zero-order chi connectivity index (χ0) is 13.6. The summed E-state index contributed by atoms with van der Waals surface area (Å²) in [7, 11) is -3.10. The molecule has 0 fully saturated rings. The van der Waals surface area contributed by atoms with Crippen molar-refractivity contribution in [2.45, 2.75) is 13.3 Å². The van der Waals surface area contributed by atoms with E-state index in [1.807, 2.05) is 6.92 Å². The van der Waals surface area contributed by atoms with Crippen LogP contribution in [0.25, 0.3) is 0 Å². The third-order valence-electron chi connectivity index (χ3n) is 2.38. The normalized spacial score (nSPS) is 11.7. The molecule has 3 N–H and O–H groups in total. The summed E-state index contributed by atoms with van der Waals surface area (Å²) in [5, 5.41) is 3.05. The van der Waals surface area contributed by atoms with Crippen LogP contribution in [0.5, 0.6) is 0 Å². The fourth-order valence-electron chi connectivity index (χ4n) is 1.46. The second-order valence-electron chi connectivity index (χ2n) is 3.86. The number of aromatic nitrogens is 2. The van der Waals surface area contributed by atoms with Crippen molar-refractivity contribution >= 4 is 21.7 Å². The third kappa shape index (κ3) is 4.84. The van der Waals surface area contributed by atoms with Crippen molar-refractivity contribution < 1.29 is 8.42 Å². The molecule has 0 aliphatic heterocycles. The predicted molar refractivity (Wildman–Crippen MR) is 71.6 cm³/mol. The van der Waals surface area contributed by atoms with Crippen molar-refractivity contribution in [2.24, 2.45) is 0 Å². The molecule has 1 aromatic heterocycles. The Morgan fingerprint density at radius 2 is 2.11 bits per heavy atom. The van der Waals surface area contributed by atoms with Gasteiger partial charge in [0.1, 0.15) is 11.6 Å². The first-order chi connectivity index (χ1) is 8.43. The van der Waals surface area contributed by atoms with Crippen molar-refractivity contribution in [3.05, 3.63) is 12.4 Å². The Labute approximate surface area is 107 Å². The molecule has 7 nitrogen and oxygen atoms in total. The summed E-state index contributed by atoms with van der Waals surface area (Å²) in [4.78, 5) is 7.93. The number of rotatable bonds is 7.